The topological polar surface area (TPSA) is 75.7 Å². The number of nitrogens with one attached hydrogen (secondary N) is 1. The van der Waals surface area contributed by atoms with Gasteiger partial charge in [-0.15, -0.1) is 0 Å². The summed E-state index contributed by atoms with van der Waals surface area (Å²) < 4.78 is 32.4. The van der Waals surface area contributed by atoms with Gasteiger partial charge in [0.25, 0.3) is 0 Å². The van der Waals surface area contributed by atoms with Gasteiger partial charge in [0.05, 0.1) is 18.0 Å². The van der Waals surface area contributed by atoms with Gasteiger partial charge >= 0.3 is 0 Å². The van der Waals surface area contributed by atoms with E-state index in [4.69, 9.17) is 27.9 Å². The van der Waals surface area contributed by atoms with Crippen molar-refractivity contribution in [3.05, 3.63) is 64.1 Å². The number of rotatable bonds is 9. The Bertz CT molecular complexity index is 904. The van der Waals surface area contributed by atoms with Crippen LogP contribution in [0.25, 0.3) is 0 Å². The van der Waals surface area contributed by atoms with Crippen molar-refractivity contribution in [3.63, 3.8) is 0 Å². The zero-order valence-corrected chi connectivity index (χ0v) is 17.9. The van der Waals surface area contributed by atoms with E-state index < -0.39 is 15.9 Å². The van der Waals surface area contributed by atoms with E-state index in [1.807, 2.05) is 0 Å². The van der Waals surface area contributed by atoms with Crippen LogP contribution in [0.3, 0.4) is 0 Å². The standard InChI is InChI=1S/C19H22Cl2N2O4S/c1-14(13-27-2)22-19(24)12-23(11-15-5-3-4-6-18(15)21)28(25,26)17-9-7-16(20)8-10-17/h3-10,14H,11-13H2,1-2H3,(H,22,24)/t14-/m1/s1. The lowest BCUT2D eigenvalue weighted by atomic mass is 10.2. The van der Waals surface area contributed by atoms with Gasteiger partial charge in [-0.25, -0.2) is 8.42 Å². The van der Waals surface area contributed by atoms with Gasteiger partial charge in [-0.3, -0.25) is 4.79 Å². The minimum absolute atomic E-state index is 0.0432. The van der Waals surface area contributed by atoms with Crippen LogP contribution in [-0.2, 0) is 26.1 Å². The molecule has 1 atom stereocenters. The van der Waals surface area contributed by atoms with E-state index in [0.29, 0.717) is 22.2 Å². The molecule has 2 aromatic carbocycles. The van der Waals surface area contributed by atoms with Gasteiger partial charge in [-0.2, -0.15) is 4.31 Å². The van der Waals surface area contributed by atoms with Crippen molar-refractivity contribution in [2.45, 2.75) is 24.4 Å². The number of carbonyl (C=O) groups excluding carboxylic acids is 1. The molecule has 0 bridgehead atoms. The Labute approximate surface area is 175 Å². The minimum atomic E-state index is -3.95. The van der Waals surface area contributed by atoms with E-state index in [-0.39, 0.29) is 24.0 Å². The van der Waals surface area contributed by atoms with E-state index in [0.717, 1.165) is 4.31 Å². The van der Waals surface area contributed by atoms with Crippen LogP contribution in [0.15, 0.2) is 53.4 Å². The Balaban J connectivity index is 2.31. The molecule has 0 radical (unpaired) electrons. The Morgan fingerprint density at radius 1 is 1.14 bits per heavy atom. The molecule has 0 spiro atoms. The second kappa shape index (κ2) is 10.2. The second-order valence-corrected chi connectivity index (χ2v) is 9.02. The van der Waals surface area contributed by atoms with Gasteiger partial charge in [0.2, 0.25) is 15.9 Å². The summed E-state index contributed by atoms with van der Waals surface area (Å²) in [5.41, 5.74) is 0.597. The number of ether oxygens (including phenoxy) is 1. The maximum absolute atomic E-state index is 13.1. The van der Waals surface area contributed by atoms with Crippen molar-refractivity contribution >= 4 is 39.1 Å². The van der Waals surface area contributed by atoms with Gasteiger partial charge in [0.15, 0.2) is 0 Å². The van der Waals surface area contributed by atoms with E-state index >= 15 is 0 Å². The predicted molar refractivity (Wildman–Crippen MR) is 110 cm³/mol. The van der Waals surface area contributed by atoms with Crippen LogP contribution in [0.4, 0.5) is 0 Å². The first-order valence-electron chi connectivity index (χ1n) is 8.51. The van der Waals surface area contributed by atoms with Crippen LogP contribution in [0.5, 0.6) is 0 Å². The highest BCUT2D eigenvalue weighted by Crippen LogP contribution is 2.23. The Kier molecular flexibility index (Phi) is 8.27. The zero-order chi connectivity index (χ0) is 20.7. The molecule has 0 aliphatic carbocycles. The molecule has 152 valence electrons. The monoisotopic (exact) mass is 444 g/mol. The lowest BCUT2D eigenvalue weighted by Crippen LogP contribution is -2.44. The quantitative estimate of drug-likeness (QED) is 0.643. The average Bonchev–Trinajstić information content (AvgIpc) is 2.63. The summed E-state index contributed by atoms with van der Waals surface area (Å²) in [5.74, 6) is -0.436. The Morgan fingerprint density at radius 2 is 1.79 bits per heavy atom. The predicted octanol–water partition coefficient (Wildman–Crippen LogP) is 3.34. The fourth-order valence-corrected chi connectivity index (χ4v) is 4.27. The smallest absolute Gasteiger partial charge is 0.243 e. The average molecular weight is 445 g/mol. The molecular weight excluding hydrogens is 423 g/mol. The number of hydrogen-bond acceptors (Lipinski definition) is 4. The molecule has 9 heteroatoms. The SMILES string of the molecule is COC[C@@H](C)NC(=O)CN(Cc1ccccc1Cl)S(=O)(=O)c1ccc(Cl)cc1. The maximum Gasteiger partial charge on any atom is 0.243 e. The summed E-state index contributed by atoms with van der Waals surface area (Å²) in [5, 5.41) is 3.56. The summed E-state index contributed by atoms with van der Waals surface area (Å²) in [4.78, 5) is 12.5. The summed E-state index contributed by atoms with van der Waals surface area (Å²) in [6.07, 6.45) is 0. The van der Waals surface area contributed by atoms with Crippen LogP contribution >= 0.6 is 23.2 Å². The lowest BCUT2D eigenvalue weighted by Gasteiger charge is -2.23. The van der Waals surface area contributed by atoms with Crippen LogP contribution in [0.2, 0.25) is 10.0 Å². The first-order valence-corrected chi connectivity index (χ1v) is 10.7. The van der Waals surface area contributed by atoms with E-state index in [1.165, 1.54) is 31.4 Å². The van der Waals surface area contributed by atoms with Crippen molar-refractivity contribution in [1.29, 1.82) is 0 Å². The van der Waals surface area contributed by atoms with E-state index in [2.05, 4.69) is 5.32 Å². The Morgan fingerprint density at radius 3 is 2.39 bits per heavy atom. The van der Waals surface area contributed by atoms with Crippen LogP contribution in [0.1, 0.15) is 12.5 Å². The summed E-state index contributed by atoms with van der Waals surface area (Å²) >= 11 is 12.1. The fraction of sp³-hybridized carbons (Fsp3) is 0.316. The largest absolute Gasteiger partial charge is 0.383 e. The number of carbonyl (C=O) groups is 1. The third-order valence-corrected chi connectivity index (χ3v) is 6.33. The van der Waals surface area contributed by atoms with Gasteiger partial charge in [-0.05, 0) is 42.8 Å². The molecule has 0 saturated heterocycles. The number of amides is 1. The summed E-state index contributed by atoms with van der Waals surface area (Å²) in [6, 6.07) is 12.4. The van der Waals surface area contributed by atoms with Gasteiger partial charge in [0, 0.05) is 29.7 Å². The molecule has 0 aliphatic rings. The van der Waals surface area contributed by atoms with Crippen molar-refractivity contribution in [2.24, 2.45) is 0 Å². The number of benzene rings is 2. The zero-order valence-electron chi connectivity index (χ0n) is 15.6. The molecule has 1 amide bonds. The molecule has 0 aliphatic heterocycles. The summed E-state index contributed by atoms with van der Waals surface area (Å²) in [6.45, 7) is 1.69. The molecule has 0 unspecified atom stereocenters. The van der Waals surface area contributed by atoms with Crippen LogP contribution in [-0.4, -0.2) is 44.9 Å². The van der Waals surface area contributed by atoms with Gasteiger partial charge in [-0.1, -0.05) is 41.4 Å². The highest BCUT2D eigenvalue weighted by Gasteiger charge is 2.28. The Hall–Kier alpha value is -1.64. The molecule has 2 aromatic rings. The number of halogens is 2. The van der Waals surface area contributed by atoms with E-state index in [1.54, 1.807) is 31.2 Å². The van der Waals surface area contributed by atoms with E-state index in [9.17, 15) is 13.2 Å². The fourth-order valence-electron chi connectivity index (χ4n) is 2.57. The van der Waals surface area contributed by atoms with Crippen molar-refractivity contribution in [2.75, 3.05) is 20.3 Å². The highest BCUT2D eigenvalue weighted by molar-refractivity contribution is 7.89. The molecule has 2 rings (SSSR count). The second-order valence-electron chi connectivity index (χ2n) is 6.24. The maximum atomic E-state index is 13.1. The molecular formula is C19H22Cl2N2O4S. The third kappa shape index (κ3) is 6.18. The van der Waals surface area contributed by atoms with Crippen molar-refractivity contribution in [1.82, 2.24) is 9.62 Å². The minimum Gasteiger partial charge on any atom is -0.383 e. The molecule has 0 heterocycles. The summed E-state index contributed by atoms with van der Waals surface area (Å²) in [7, 11) is -2.43. The van der Waals surface area contributed by atoms with Crippen LogP contribution < -0.4 is 5.32 Å². The first-order chi connectivity index (χ1) is 13.2. The molecule has 28 heavy (non-hydrogen) atoms. The van der Waals surface area contributed by atoms with Gasteiger partial charge < -0.3 is 10.1 Å². The third-order valence-electron chi connectivity index (χ3n) is 3.90. The molecule has 6 nitrogen and oxygen atoms in total. The highest BCUT2D eigenvalue weighted by atomic mass is 35.5. The first kappa shape index (κ1) is 22.6. The van der Waals surface area contributed by atoms with Crippen LogP contribution in [0, 0.1) is 0 Å². The number of methoxy groups -OCH3 is 1. The molecule has 1 N–H and O–H groups in total. The molecule has 0 saturated carbocycles. The molecule has 0 aromatic heterocycles. The lowest BCUT2D eigenvalue weighted by molar-refractivity contribution is -0.122. The van der Waals surface area contributed by atoms with Crippen molar-refractivity contribution < 1.29 is 17.9 Å². The number of hydrogen-bond donors (Lipinski definition) is 1. The number of nitrogens with zero attached hydrogens (tertiary/aromatic N) is 1. The van der Waals surface area contributed by atoms with Crippen molar-refractivity contribution in [3.8, 4) is 0 Å². The van der Waals surface area contributed by atoms with Gasteiger partial charge in [0.1, 0.15) is 0 Å². The normalized spacial score (nSPS) is 12.8. The number of sulfonamides is 1. The molecule has 0 fully saturated rings.